The standard InChI is InChI=1S/C11H13NO2/c1-2-14-11(13)9-6-8-4-3-5-12-10(8)7-9/h3-5,9H,2,6-7H2,1H3/t9-/m1/s1. The molecule has 3 nitrogen and oxygen atoms in total. The molecule has 3 heteroatoms. The van der Waals surface area contributed by atoms with Gasteiger partial charge in [0.05, 0.1) is 12.5 Å². The van der Waals surface area contributed by atoms with E-state index in [9.17, 15) is 4.79 Å². The molecular formula is C11H13NO2. The van der Waals surface area contributed by atoms with E-state index in [-0.39, 0.29) is 11.9 Å². The van der Waals surface area contributed by atoms with Gasteiger partial charge in [-0.3, -0.25) is 9.78 Å². The van der Waals surface area contributed by atoms with Gasteiger partial charge in [0, 0.05) is 18.3 Å². The molecule has 1 aromatic heterocycles. The van der Waals surface area contributed by atoms with E-state index in [0.717, 1.165) is 18.5 Å². The second-order valence-electron chi connectivity index (χ2n) is 3.47. The van der Waals surface area contributed by atoms with Crippen LogP contribution in [0.3, 0.4) is 0 Å². The van der Waals surface area contributed by atoms with Crippen LogP contribution in [-0.4, -0.2) is 17.6 Å². The number of nitrogens with zero attached hydrogens (tertiary/aromatic N) is 1. The van der Waals surface area contributed by atoms with E-state index in [1.54, 1.807) is 6.20 Å². The minimum absolute atomic E-state index is 0.0140. The summed E-state index contributed by atoms with van der Waals surface area (Å²) in [5.41, 5.74) is 2.23. The minimum atomic E-state index is -0.0921. The number of rotatable bonds is 2. The van der Waals surface area contributed by atoms with Crippen molar-refractivity contribution < 1.29 is 9.53 Å². The molecule has 1 aliphatic rings. The fraction of sp³-hybridized carbons (Fsp3) is 0.455. The van der Waals surface area contributed by atoms with Gasteiger partial charge in [-0.25, -0.2) is 0 Å². The van der Waals surface area contributed by atoms with E-state index in [1.807, 2.05) is 19.1 Å². The first-order chi connectivity index (χ1) is 6.81. The SMILES string of the molecule is CCOC(=O)[C@@H]1Cc2cccnc2C1. The summed E-state index contributed by atoms with van der Waals surface area (Å²) in [6.07, 6.45) is 3.28. The summed E-state index contributed by atoms with van der Waals surface area (Å²) < 4.78 is 4.99. The van der Waals surface area contributed by atoms with Gasteiger partial charge in [-0.2, -0.15) is 0 Å². The molecule has 0 amide bonds. The number of ether oxygens (including phenoxy) is 1. The number of aromatic nitrogens is 1. The van der Waals surface area contributed by atoms with E-state index in [4.69, 9.17) is 4.74 Å². The van der Waals surface area contributed by atoms with E-state index in [2.05, 4.69) is 4.98 Å². The molecule has 0 aromatic carbocycles. The van der Waals surface area contributed by atoms with E-state index in [1.165, 1.54) is 5.56 Å². The van der Waals surface area contributed by atoms with Crippen LogP contribution < -0.4 is 0 Å². The maximum atomic E-state index is 11.5. The maximum Gasteiger partial charge on any atom is 0.309 e. The topological polar surface area (TPSA) is 39.2 Å². The van der Waals surface area contributed by atoms with Gasteiger partial charge in [0.15, 0.2) is 0 Å². The zero-order valence-corrected chi connectivity index (χ0v) is 8.19. The zero-order valence-electron chi connectivity index (χ0n) is 8.19. The van der Waals surface area contributed by atoms with Crippen LogP contribution in [0.25, 0.3) is 0 Å². The molecule has 74 valence electrons. The normalized spacial score (nSPS) is 19.1. The van der Waals surface area contributed by atoms with Gasteiger partial charge >= 0.3 is 5.97 Å². The molecule has 0 N–H and O–H groups in total. The summed E-state index contributed by atoms with van der Waals surface area (Å²) >= 11 is 0. The number of hydrogen-bond donors (Lipinski definition) is 0. The number of carbonyl (C=O) groups is 1. The highest BCUT2D eigenvalue weighted by atomic mass is 16.5. The van der Waals surface area contributed by atoms with Gasteiger partial charge in [-0.05, 0) is 25.0 Å². The van der Waals surface area contributed by atoms with Crippen molar-refractivity contribution in [2.45, 2.75) is 19.8 Å². The van der Waals surface area contributed by atoms with Crippen molar-refractivity contribution in [3.63, 3.8) is 0 Å². The summed E-state index contributed by atoms with van der Waals surface area (Å²) in [5.74, 6) is -0.106. The highest BCUT2D eigenvalue weighted by molar-refractivity contribution is 5.74. The summed E-state index contributed by atoms with van der Waals surface area (Å²) in [5, 5.41) is 0. The van der Waals surface area contributed by atoms with Gasteiger partial charge < -0.3 is 4.74 Å². The summed E-state index contributed by atoms with van der Waals surface area (Å²) in [6, 6.07) is 3.94. The number of pyridine rings is 1. The predicted molar refractivity (Wildman–Crippen MR) is 51.8 cm³/mol. The number of carbonyl (C=O) groups excluding carboxylic acids is 1. The second-order valence-corrected chi connectivity index (χ2v) is 3.47. The average molecular weight is 191 g/mol. The molecule has 14 heavy (non-hydrogen) atoms. The molecule has 2 rings (SSSR count). The van der Waals surface area contributed by atoms with Gasteiger partial charge in [-0.15, -0.1) is 0 Å². The lowest BCUT2D eigenvalue weighted by molar-refractivity contribution is -0.147. The van der Waals surface area contributed by atoms with E-state index < -0.39 is 0 Å². The monoisotopic (exact) mass is 191 g/mol. The molecule has 1 heterocycles. The highest BCUT2D eigenvalue weighted by Gasteiger charge is 2.28. The summed E-state index contributed by atoms with van der Waals surface area (Å²) in [4.78, 5) is 15.7. The first-order valence-electron chi connectivity index (χ1n) is 4.90. The van der Waals surface area contributed by atoms with Crippen LogP contribution in [0.1, 0.15) is 18.2 Å². The van der Waals surface area contributed by atoms with Crippen molar-refractivity contribution >= 4 is 5.97 Å². The molecule has 0 spiro atoms. The Balaban J connectivity index is 2.08. The Bertz CT molecular complexity index is 324. The molecule has 0 saturated heterocycles. The molecule has 0 radical (unpaired) electrons. The second kappa shape index (κ2) is 3.78. The number of fused-ring (bicyclic) bond motifs is 1. The van der Waals surface area contributed by atoms with Crippen molar-refractivity contribution in [3.05, 3.63) is 29.6 Å². The lowest BCUT2D eigenvalue weighted by atomic mass is 10.1. The van der Waals surface area contributed by atoms with Crippen LogP contribution in [0.5, 0.6) is 0 Å². The fourth-order valence-electron chi connectivity index (χ4n) is 1.84. The molecule has 0 bridgehead atoms. The summed E-state index contributed by atoms with van der Waals surface area (Å²) in [6.45, 7) is 2.29. The van der Waals surface area contributed by atoms with Crippen LogP contribution in [0, 0.1) is 5.92 Å². The van der Waals surface area contributed by atoms with Crippen LogP contribution in [0.4, 0.5) is 0 Å². The van der Waals surface area contributed by atoms with Crippen molar-refractivity contribution in [1.29, 1.82) is 0 Å². The van der Waals surface area contributed by atoms with Crippen molar-refractivity contribution in [2.75, 3.05) is 6.61 Å². The Morgan fingerprint density at radius 3 is 3.21 bits per heavy atom. The smallest absolute Gasteiger partial charge is 0.309 e. The zero-order chi connectivity index (χ0) is 9.97. The van der Waals surface area contributed by atoms with Crippen LogP contribution >= 0.6 is 0 Å². The lowest BCUT2D eigenvalue weighted by Gasteiger charge is -2.06. The molecule has 1 aliphatic carbocycles. The summed E-state index contributed by atoms with van der Waals surface area (Å²) in [7, 11) is 0. The molecule has 1 atom stereocenters. The van der Waals surface area contributed by atoms with E-state index >= 15 is 0 Å². The molecule has 0 fully saturated rings. The quantitative estimate of drug-likeness (QED) is 0.662. The van der Waals surface area contributed by atoms with Gasteiger partial charge in [0.1, 0.15) is 0 Å². The number of esters is 1. The highest BCUT2D eigenvalue weighted by Crippen LogP contribution is 2.25. The Hall–Kier alpha value is -1.38. The molecule has 1 aromatic rings. The van der Waals surface area contributed by atoms with Crippen LogP contribution in [0.15, 0.2) is 18.3 Å². The Labute approximate surface area is 83.1 Å². The third-order valence-electron chi connectivity index (χ3n) is 2.51. The van der Waals surface area contributed by atoms with Gasteiger partial charge in [-0.1, -0.05) is 6.07 Å². The van der Waals surface area contributed by atoms with Gasteiger partial charge in [0.25, 0.3) is 0 Å². The first kappa shape index (κ1) is 9.19. The first-order valence-corrected chi connectivity index (χ1v) is 4.90. The van der Waals surface area contributed by atoms with Crippen molar-refractivity contribution in [2.24, 2.45) is 5.92 Å². The predicted octanol–water partition coefficient (Wildman–Crippen LogP) is 1.36. The average Bonchev–Trinajstić information content (AvgIpc) is 2.61. The van der Waals surface area contributed by atoms with E-state index in [0.29, 0.717) is 6.61 Å². The largest absolute Gasteiger partial charge is 0.466 e. The number of hydrogen-bond acceptors (Lipinski definition) is 3. The maximum absolute atomic E-state index is 11.5. The van der Waals surface area contributed by atoms with Crippen LogP contribution in [0.2, 0.25) is 0 Å². The fourth-order valence-corrected chi connectivity index (χ4v) is 1.84. The van der Waals surface area contributed by atoms with Gasteiger partial charge in [0.2, 0.25) is 0 Å². The third-order valence-corrected chi connectivity index (χ3v) is 2.51. The lowest BCUT2D eigenvalue weighted by Crippen LogP contribution is -2.17. The Morgan fingerprint density at radius 1 is 1.64 bits per heavy atom. The minimum Gasteiger partial charge on any atom is -0.466 e. The molecule has 0 unspecified atom stereocenters. The Kier molecular flexibility index (Phi) is 2.48. The van der Waals surface area contributed by atoms with Crippen LogP contribution in [-0.2, 0) is 22.4 Å². The molecule has 0 aliphatic heterocycles. The van der Waals surface area contributed by atoms with Crippen molar-refractivity contribution in [3.8, 4) is 0 Å². The molecular weight excluding hydrogens is 178 g/mol. The molecule has 0 saturated carbocycles. The third kappa shape index (κ3) is 1.62. The Morgan fingerprint density at radius 2 is 2.50 bits per heavy atom. The van der Waals surface area contributed by atoms with Crippen molar-refractivity contribution in [1.82, 2.24) is 4.98 Å².